The summed E-state index contributed by atoms with van der Waals surface area (Å²) in [6, 6.07) is 2.26. The fraction of sp³-hybridized carbons (Fsp3) is 0.643. The van der Waals surface area contributed by atoms with Gasteiger partial charge in [-0.2, -0.15) is 0 Å². The molecular weight excluding hydrogens is 276 g/mol. The highest BCUT2D eigenvalue weighted by Crippen LogP contribution is 2.32. The number of amidine groups is 1. The third-order valence-corrected chi connectivity index (χ3v) is 6.24. The Morgan fingerprint density at radius 3 is 2.84 bits per heavy atom. The van der Waals surface area contributed by atoms with Crippen molar-refractivity contribution in [1.29, 1.82) is 0 Å². The second-order valence-corrected chi connectivity index (χ2v) is 7.68. The molecule has 104 valence electrons. The molecule has 0 aromatic carbocycles. The lowest BCUT2D eigenvalue weighted by molar-refractivity contribution is 0.0555. The molecule has 0 aliphatic carbocycles. The van der Waals surface area contributed by atoms with Crippen LogP contribution in [-0.4, -0.2) is 29.7 Å². The van der Waals surface area contributed by atoms with Gasteiger partial charge in [-0.1, -0.05) is 11.8 Å². The summed E-state index contributed by atoms with van der Waals surface area (Å²) in [5.41, 5.74) is 1.64. The van der Waals surface area contributed by atoms with Crippen LogP contribution in [0.4, 0.5) is 0 Å². The van der Waals surface area contributed by atoms with Gasteiger partial charge < -0.3 is 10.1 Å². The molecule has 0 amide bonds. The van der Waals surface area contributed by atoms with E-state index in [0.717, 1.165) is 43.5 Å². The first-order chi connectivity index (χ1) is 9.17. The second-order valence-electron chi connectivity index (χ2n) is 5.38. The lowest BCUT2D eigenvalue weighted by Gasteiger charge is -2.32. The molecule has 2 saturated heterocycles. The molecule has 1 aromatic heterocycles. The van der Waals surface area contributed by atoms with Crippen molar-refractivity contribution in [2.75, 3.05) is 19.0 Å². The Bertz CT molecular complexity index is 470. The Hall–Kier alpha value is -0.520. The number of nitrogens with one attached hydrogen (secondary N) is 1. The monoisotopic (exact) mass is 296 g/mol. The van der Waals surface area contributed by atoms with Crippen molar-refractivity contribution in [3.05, 3.63) is 21.4 Å². The zero-order valence-corrected chi connectivity index (χ0v) is 13.1. The molecule has 3 heterocycles. The molecule has 1 aromatic rings. The van der Waals surface area contributed by atoms with Crippen LogP contribution in [0, 0.1) is 13.8 Å². The standard InChI is InChI=1S/C14H20N2OS2/c1-10-7-12(19-11(10)2)8-15-13-16-14(9-18-13)3-5-17-6-4-14/h7H,3-6,8-9H2,1-2H3,(H,15,16). The quantitative estimate of drug-likeness (QED) is 0.910. The van der Waals surface area contributed by atoms with Crippen molar-refractivity contribution in [2.45, 2.75) is 38.8 Å². The minimum absolute atomic E-state index is 0.253. The van der Waals surface area contributed by atoms with Crippen LogP contribution in [0.25, 0.3) is 0 Å². The second kappa shape index (κ2) is 5.46. The number of thioether (sulfide) groups is 1. The number of hydrogen-bond acceptors (Lipinski definition) is 4. The fourth-order valence-electron chi connectivity index (χ4n) is 2.50. The predicted octanol–water partition coefficient (Wildman–Crippen LogP) is 3.11. The first-order valence-electron chi connectivity index (χ1n) is 6.76. The summed E-state index contributed by atoms with van der Waals surface area (Å²) in [6.07, 6.45) is 2.21. The van der Waals surface area contributed by atoms with Gasteiger partial charge in [-0.05, 0) is 38.3 Å². The van der Waals surface area contributed by atoms with Crippen LogP contribution >= 0.6 is 23.1 Å². The van der Waals surface area contributed by atoms with Crippen LogP contribution in [0.1, 0.15) is 28.2 Å². The normalized spacial score (nSPS) is 24.0. The van der Waals surface area contributed by atoms with Gasteiger partial charge in [0.25, 0.3) is 0 Å². The van der Waals surface area contributed by atoms with Gasteiger partial charge >= 0.3 is 0 Å². The summed E-state index contributed by atoms with van der Waals surface area (Å²) in [5, 5.41) is 4.75. The number of aryl methyl sites for hydroxylation is 2. The van der Waals surface area contributed by atoms with Crippen molar-refractivity contribution in [1.82, 2.24) is 5.32 Å². The van der Waals surface area contributed by atoms with Crippen LogP contribution in [0.15, 0.2) is 11.1 Å². The minimum atomic E-state index is 0.253. The first kappa shape index (κ1) is 13.5. The number of rotatable bonds is 2. The van der Waals surface area contributed by atoms with E-state index in [1.54, 1.807) is 0 Å². The highest BCUT2D eigenvalue weighted by molar-refractivity contribution is 8.14. The Morgan fingerprint density at radius 2 is 2.16 bits per heavy atom. The van der Waals surface area contributed by atoms with Gasteiger partial charge in [-0.3, -0.25) is 4.99 Å². The van der Waals surface area contributed by atoms with E-state index in [1.807, 2.05) is 23.1 Å². The Morgan fingerprint density at radius 1 is 1.37 bits per heavy atom. The summed E-state index contributed by atoms with van der Waals surface area (Å²) in [7, 11) is 0. The highest BCUT2D eigenvalue weighted by Gasteiger charge is 2.38. The van der Waals surface area contributed by atoms with Gasteiger partial charge in [0.1, 0.15) is 0 Å². The molecule has 19 heavy (non-hydrogen) atoms. The Kier molecular flexibility index (Phi) is 3.87. The molecule has 3 nitrogen and oxygen atoms in total. The number of nitrogens with zero attached hydrogens (tertiary/aromatic N) is 1. The number of ether oxygens (including phenoxy) is 1. The van der Waals surface area contributed by atoms with E-state index < -0.39 is 0 Å². The fourth-order valence-corrected chi connectivity index (χ4v) is 4.70. The van der Waals surface area contributed by atoms with E-state index >= 15 is 0 Å². The minimum Gasteiger partial charge on any atom is -0.381 e. The van der Waals surface area contributed by atoms with Crippen LogP contribution in [0.3, 0.4) is 0 Å². The molecule has 2 aliphatic heterocycles. The number of hydrogen-bond donors (Lipinski definition) is 1. The van der Waals surface area contributed by atoms with E-state index in [4.69, 9.17) is 9.73 Å². The third kappa shape index (κ3) is 2.98. The summed E-state index contributed by atoms with van der Waals surface area (Å²) in [6.45, 7) is 6.91. The predicted molar refractivity (Wildman–Crippen MR) is 83.3 cm³/mol. The molecular formula is C14H20N2OS2. The smallest absolute Gasteiger partial charge is 0.157 e. The maximum absolute atomic E-state index is 5.45. The summed E-state index contributed by atoms with van der Waals surface area (Å²) >= 11 is 3.73. The van der Waals surface area contributed by atoms with Gasteiger partial charge in [-0.25, -0.2) is 0 Å². The van der Waals surface area contributed by atoms with Gasteiger partial charge in [0, 0.05) is 28.7 Å². The molecule has 1 N–H and O–H groups in total. The van der Waals surface area contributed by atoms with Crippen molar-refractivity contribution >= 4 is 28.3 Å². The van der Waals surface area contributed by atoms with Gasteiger partial charge in [0.05, 0.1) is 12.1 Å². The van der Waals surface area contributed by atoms with E-state index in [9.17, 15) is 0 Å². The molecule has 0 saturated carbocycles. The first-order valence-corrected chi connectivity index (χ1v) is 8.56. The van der Waals surface area contributed by atoms with Crippen LogP contribution in [0.5, 0.6) is 0 Å². The lowest BCUT2D eigenvalue weighted by Crippen LogP contribution is -2.48. The maximum atomic E-state index is 5.45. The summed E-state index contributed by atoms with van der Waals surface area (Å²) in [4.78, 5) is 7.50. The number of thiophene rings is 1. The van der Waals surface area contributed by atoms with Crippen molar-refractivity contribution in [3.8, 4) is 0 Å². The third-order valence-electron chi connectivity index (χ3n) is 3.90. The van der Waals surface area contributed by atoms with E-state index in [1.165, 1.54) is 15.3 Å². The topological polar surface area (TPSA) is 33.6 Å². The average molecular weight is 296 g/mol. The average Bonchev–Trinajstić information content (AvgIpc) is 2.93. The molecule has 0 atom stereocenters. The SMILES string of the molecule is Cc1cc(CN=C2NC3(CCOCC3)CS2)sc1C. The van der Waals surface area contributed by atoms with Crippen LogP contribution in [0.2, 0.25) is 0 Å². The van der Waals surface area contributed by atoms with Gasteiger partial charge in [0.15, 0.2) is 5.17 Å². The molecule has 1 spiro atoms. The molecule has 0 bridgehead atoms. The highest BCUT2D eigenvalue weighted by atomic mass is 32.2. The largest absolute Gasteiger partial charge is 0.381 e. The van der Waals surface area contributed by atoms with Crippen molar-refractivity contribution < 1.29 is 4.74 Å². The molecule has 0 radical (unpaired) electrons. The van der Waals surface area contributed by atoms with Crippen molar-refractivity contribution in [2.24, 2.45) is 4.99 Å². The Labute approximate surface area is 122 Å². The van der Waals surface area contributed by atoms with E-state index in [-0.39, 0.29) is 5.54 Å². The van der Waals surface area contributed by atoms with Crippen molar-refractivity contribution in [3.63, 3.8) is 0 Å². The Balaban J connectivity index is 1.62. The molecule has 3 rings (SSSR count). The zero-order valence-electron chi connectivity index (χ0n) is 11.5. The molecule has 2 aliphatic rings. The van der Waals surface area contributed by atoms with E-state index in [0.29, 0.717) is 0 Å². The van der Waals surface area contributed by atoms with Gasteiger partial charge in [-0.15, -0.1) is 11.3 Å². The number of aliphatic imine (C=N–C) groups is 1. The summed E-state index contributed by atoms with van der Waals surface area (Å²) < 4.78 is 5.45. The lowest BCUT2D eigenvalue weighted by atomic mass is 9.93. The van der Waals surface area contributed by atoms with Crippen LogP contribution in [-0.2, 0) is 11.3 Å². The van der Waals surface area contributed by atoms with Crippen LogP contribution < -0.4 is 5.32 Å². The summed E-state index contributed by atoms with van der Waals surface area (Å²) in [5.74, 6) is 1.14. The molecule has 0 unspecified atom stereocenters. The molecule has 2 fully saturated rings. The van der Waals surface area contributed by atoms with E-state index in [2.05, 4.69) is 25.2 Å². The molecule has 5 heteroatoms. The maximum Gasteiger partial charge on any atom is 0.157 e. The van der Waals surface area contributed by atoms with Gasteiger partial charge in [0.2, 0.25) is 0 Å². The zero-order chi connectivity index (χ0) is 13.3.